The maximum Gasteiger partial charge on any atom is 0.302 e. The second kappa shape index (κ2) is 7.68. The number of carbonyl (C=O) groups excluding carboxylic acids is 2. The molecule has 0 heterocycles. The number of hydrogen-bond donors (Lipinski definition) is 1. The Hall–Kier alpha value is -1.16. The van der Waals surface area contributed by atoms with Gasteiger partial charge in [-0.25, -0.2) is 0 Å². The Kier molecular flexibility index (Phi) is 5.59. The molecule has 196 valence electrons. The Labute approximate surface area is 212 Å². The molecule has 5 rings (SSSR count). The van der Waals surface area contributed by atoms with Gasteiger partial charge in [0.2, 0.25) is 0 Å². The van der Waals surface area contributed by atoms with E-state index < -0.39 is 5.60 Å². The molecule has 4 nitrogen and oxygen atoms in total. The fourth-order valence-electron chi connectivity index (χ4n) is 10.9. The topological polar surface area (TPSA) is 63.6 Å². The number of Topliss-reactive ketones (excluding diaryl/α,β-unsaturated/α-hetero) is 1. The molecule has 5 aliphatic rings. The zero-order chi connectivity index (χ0) is 25.8. The summed E-state index contributed by atoms with van der Waals surface area (Å²) in [4.78, 5) is 25.0. The minimum absolute atomic E-state index is 0.00213. The smallest absolute Gasteiger partial charge is 0.302 e. The van der Waals surface area contributed by atoms with Crippen LogP contribution in [0.2, 0.25) is 0 Å². The average molecular weight is 485 g/mol. The van der Waals surface area contributed by atoms with Gasteiger partial charge in [0.1, 0.15) is 11.7 Å². The number of hydrogen-bond acceptors (Lipinski definition) is 4. The van der Waals surface area contributed by atoms with Crippen molar-refractivity contribution in [3.05, 3.63) is 11.1 Å². The first-order valence-corrected chi connectivity index (χ1v) is 14.3. The van der Waals surface area contributed by atoms with Crippen LogP contribution < -0.4 is 0 Å². The van der Waals surface area contributed by atoms with E-state index >= 15 is 0 Å². The summed E-state index contributed by atoms with van der Waals surface area (Å²) in [5, 5.41) is 11.8. The molecule has 0 radical (unpaired) electrons. The third-order valence-electron chi connectivity index (χ3n) is 12.8. The van der Waals surface area contributed by atoms with E-state index in [9.17, 15) is 14.7 Å². The Morgan fingerprint density at radius 2 is 1.63 bits per heavy atom. The van der Waals surface area contributed by atoms with E-state index in [-0.39, 0.29) is 45.4 Å². The van der Waals surface area contributed by atoms with Gasteiger partial charge in [-0.3, -0.25) is 9.59 Å². The maximum absolute atomic E-state index is 13.1. The molecule has 3 fully saturated rings. The summed E-state index contributed by atoms with van der Waals surface area (Å²) in [6, 6.07) is 0. The van der Waals surface area contributed by atoms with E-state index in [0.29, 0.717) is 24.2 Å². The predicted molar refractivity (Wildman–Crippen MR) is 137 cm³/mol. The average Bonchev–Trinajstić information content (AvgIpc) is 3.02. The normalized spacial score (nSPS) is 48.7. The van der Waals surface area contributed by atoms with Crippen molar-refractivity contribution in [3.63, 3.8) is 0 Å². The molecule has 1 N–H and O–H groups in total. The first-order valence-electron chi connectivity index (χ1n) is 14.3. The summed E-state index contributed by atoms with van der Waals surface area (Å²) in [6.07, 6.45) is 9.20. The highest BCUT2D eigenvalue weighted by atomic mass is 16.5. The molecule has 35 heavy (non-hydrogen) atoms. The standard InChI is InChI=1S/C31H48O4/c1-18(2)31(34)24(33)17-20-11-15-29(7)21(26(20)31)9-10-23-28(6)14-13-25(35-19(3)32)27(4,5)22(28)12-16-30(23,29)8/h18,21-23,25,34H,9-17H2,1-8H3/t21-,22+,23-,25+,28+,29-,30-,31+/m1/s1. The van der Waals surface area contributed by atoms with Crippen LogP contribution in [0.25, 0.3) is 0 Å². The van der Waals surface area contributed by atoms with Gasteiger partial charge in [0, 0.05) is 18.8 Å². The van der Waals surface area contributed by atoms with E-state index in [1.165, 1.54) is 12.0 Å². The third kappa shape index (κ3) is 3.07. The molecule has 0 aliphatic heterocycles. The van der Waals surface area contributed by atoms with Gasteiger partial charge in [0.15, 0.2) is 5.78 Å². The van der Waals surface area contributed by atoms with Crippen LogP contribution in [0.5, 0.6) is 0 Å². The highest BCUT2D eigenvalue weighted by Gasteiger charge is 2.69. The van der Waals surface area contributed by atoms with Crippen LogP contribution in [0.1, 0.15) is 113 Å². The van der Waals surface area contributed by atoms with E-state index in [2.05, 4.69) is 34.6 Å². The second-order valence-corrected chi connectivity index (χ2v) is 14.6. The molecule has 0 aromatic carbocycles. The lowest BCUT2D eigenvalue weighted by molar-refractivity contribution is -0.230. The number of ketones is 1. The van der Waals surface area contributed by atoms with Gasteiger partial charge in [-0.15, -0.1) is 0 Å². The van der Waals surface area contributed by atoms with Crippen LogP contribution in [0.3, 0.4) is 0 Å². The lowest BCUT2D eigenvalue weighted by Crippen LogP contribution is -2.65. The zero-order valence-corrected chi connectivity index (χ0v) is 23.4. The van der Waals surface area contributed by atoms with E-state index in [0.717, 1.165) is 50.5 Å². The van der Waals surface area contributed by atoms with Gasteiger partial charge in [0.25, 0.3) is 0 Å². The molecule has 4 heteroatoms. The summed E-state index contributed by atoms with van der Waals surface area (Å²) in [7, 11) is 0. The highest BCUT2D eigenvalue weighted by Crippen LogP contribution is 2.75. The van der Waals surface area contributed by atoms with Crippen molar-refractivity contribution in [3.8, 4) is 0 Å². The van der Waals surface area contributed by atoms with Crippen LogP contribution in [-0.2, 0) is 14.3 Å². The summed E-state index contributed by atoms with van der Waals surface area (Å²) < 4.78 is 5.87. The Balaban J connectivity index is 1.53. The third-order valence-corrected chi connectivity index (χ3v) is 12.8. The largest absolute Gasteiger partial charge is 0.462 e. The van der Waals surface area contributed by atoms with Crippen molar-refractivity contribution in [2.75, 3.05) is 0 Å². The fourth-order valence-corrected chi connectivity index (χ4v) is 10.9. The highest BCUT2D eigenvalue weighted by molar-refractivity contribution is 5.96. The van der Waals surface area contributed by atoms with Gasteiger partial charge in [-0.05, 0) is 96.9 Å². The van der Waals surface area contributed by atoms with Crippen molar-refractivity contribution in [2.45, 2.75) is 125 Å². The van der Waals surface area contributed by atoms with Crippen LogP contribution in [0.4, 0.5) is 0 Å². The Bertz CT molecular complexity index is 976. The number of allylic oxidation sites excluding steroid dienone is 1. The monoisotopic (exact) mass is 484 g/mol. The van der Waals surface area contributed by atoms with E-state index in [1.807, 2.05) is 13.8 Å². The summed E-state index contributed by atoms with van der Waals surface area (Å²) >= 11 is 0. The minimum atomic E-state index is -1.27. The van der Waals surface area contributed by atoms with Crippen molar-refractivity contribution >= 4 is 11.8 Å². The van der Waals surface area contributed by atoms with Crippen LogP contribution in [0, 0.1) is 45.3 Å². The fraction of sp³-hybridized carbons (Fsp3) is 0.871. The van der Waals surface area contributed by atoms with Crippen molar-refractivity contribution in [1.82, 2.24) is 0 Å². The SMILES string of the molecule is CC(=O)O[C@H]1CC[C@]2(C)[C@H]3CC[C@@H]4C5=C(CC[C@@]4(C)[C@]3(C)CC[C@H]2C1(C)C)CC(=O)[C@@]5(O)C(C)C. The lowest BCUT2D eigenvalue weighted by atomic mass is 9.33. The molecular formula is C31H48O4. The Morgan fingerprint density at radius 3 is 2.26 bits per heavy atom. The number of fused-ring (bicyclic) bond motifs is 6. The summed E-state index contributed by atoms with van der Waals surface area (Å²) in [5.74, 6) is 1.24. The van der Waals surface area contributed by atoms with Crippen molar-refractivity contribution in [1.29, 1.82) is 0 Å². The summed E-state index contributed by atoms with van der Waals surface area (Å²) in [5.41, 5.74) is 1.58. The van der Waals surface area contributed by atoms with Crippen LogP contribution in [0.15, 0.2) is 11.1 Å². The van der Waals surface area contributed by atoms with E-state index in [1.54, 1.807) is 6.92 Å². The first-order chi connectivity index (χ1) is 16.1. The molecular weight excluding hydrogens is 436 g/mol. The van der Waals surface area contributed by atoms with Gasteiger partial charge < -0.3 is 9.84 Å². The van der Waals surface area contributed by atoms with Gasteiger partial charge >= 0.3 is 5.97 Å². The minimum Gasteiger partial charge on any atom is -0.462 e. The molecule has 0 amide bonds. The van der Waals surface area contributed by atoms with Gasteiger partial charge in [0.05, 0.1) is 0 Å². The van der Waals surface area contributed by atoms with Crippen molar-refractivity contribution < 1.29 is 19.4 Å². The molecule has 3 saturated carbocycles. The molecule has 8 atom stereocenters. The van der Waals surface area contributed by atoms with E-state index in [4.69, 9.17) is 4.74 Å². The first kappa shape index (κ1) is 25.5. The quantitative estimate of drug-likeness (QED) is 0.352. The van der Waals surface area contributed by atoms with Crippen LogP contribution in [-0.4, -0.2) is 28.6 Å². The molecule has 0 aromatic rings. The molecule has 0 bridgehead atoms. The summed E-state index contributed by atoms with van der Waals surface area (Å²) in [6.45, 7) is 17.9. The molecule has 0 saturated heterocycles. The number of carbonyl (C=O) groups is 2. The van der Waals surface area contributed by atoms with Gasteiger partial charge in [-0.1, -0.05) is 54.0 Å². The molecule has 5 aliphatic carbocycles. The zero-order valence-electron chi connectivity index (χ0n) is 23.4. The van der Waals surface area contributed by atoms with Crippen molar-refractivity contribution in [2.24, 2.45) is 45.3 Å². The number of aliphatic hydroxyl groups is 1. The maximum atomic E-state index is 13.1. The number of ether oxygens (including phenoxy) is 1. The Morgan fingerprint density at radius 1 is 0.943 bits per heavy atom. The van der Waals surface area contributed by atoms with Crippen LogP contribution >= 0.6 is 0 Å². The molecule has 0 aromatic heterocycles. The second-order valence-electron chi connectivity index (χ2n) is 14.6. The number of rotatable bonds is 2. The lowest BCUT2D eigenvalue weighted by Gasteiger charge is -2.71. The molecule has 0 unspecified atom stereocenters. The van der Waals surface area contributed by atoms with Gasteiger partial charge in [-0.2, -0.15) is 0 Å². The predicted octanol–water partition coefficient (Wildman–Crippen LogP) is 6.64. The number of esters is 1. The molecule has 0 spiro atoms.